The predicted octanol–water partition coefficient (Wildman–Crippen LogP) is 4.62. The van der Waals surface area contributed by atoms with E-state index >= 15 is 0 Å². The molecule has 6 heteroatoms. The molecule has 4 aliphatic carbocycles. The fourth-order valence-corrected chi connectivity index (χ4v) is 5.93. The van der Waals surface area contributed by atoms with Crippen LogP contribution in [0.1, 0.15) is 55.8 Å². The number of benzene rings is 1. The Morgan fingerprint density at radius 1 is 1.12 bits per heavy atom. The maximum absolute atomic E-state index is 12.7. The molecular weight excluding hydrogens is 373 g/mol. The number of rotatable bonds is 4. The summed E-state index contributed by atoms with van der Waals surface area (Å²) in [5.74, 6) is 1.36. The van der Waals surface area contributed by atoms with E-state index < -0.39 is 12.1 Å². The number of carbonyl (C=O) groups excluding carboxylic acids is 2. The van der Waals surface area contributed by atoms with Crippen LogP contribution in [0.4, 0.5) is 0 Å². The SMILES string of the molecule is C[C@H](OC(=O)c1cc(Cl)ccc1Cl)C(=O)NC12CC3CC(CC(C3)C1)C2. The van der Waals surface area contributed by atoms with Crippen molar-refractivity contribution in [1.82, 2.24) is 5.32 Å². The Morgan fingerprint density at radius 3 is 2.27 bits per heavy atom. The van der Waals surface area contributed by atoms with E-state index in [1.165, 1.54) is 25.3 Å². The van der Waals surface area contributed by atoms with E-state index in [0.717, 1.165) is 37.0 Å². The lowest BCUT2D eigenvalue weighted by molar-refractivity contribution is -0.134. The van der Waals surface area contributed by atoms with E-state index in [9.17, 15) is 9.59 Å². The number of esters is 1. The fourth-order valence-electron chi connectivity index (χ4n) is 5.56. The number of ether oxygens (including phenoxy) is 1. The lowest BCUT2D eigenvalue weighted by Gasteiger charge is -2.57. The molecule has 1 atom stereocenters. The normalized spacial score (nSPS) is 33.0. The summed E-state index contributed by atoms with van der Waals surface area (Å²) in [7, 11) is 0. The van der Waals surface area contributed by atoms with Crippen molar-refractivity contribution in [2.75, 3.05) is 0 Å². The van der Waals surface area contributed by atoms with Crippen LogP contribution in [0, 0.1) is 17.8 Å². The summed E-state index contributed by atoms with van der Waals surface area (Å²) in [4.78, 5) is 25.1. The largest absolute Gasteiger partial charge is 0.449 e. The van der Waals surface area contributed by atoms with Crippen molar-refractivity contribution in [2.24, 2.45) is 17.8 Å². The van der Waals surface area contributed by atoms with Crippen LogP contribution in [-0.4, -0.2) is 23.5 Å². The fraction of sp³-hybridized carbons (Fsp3) is 0.600. The molecular formula is C20H23Cl2NO3. The van der Waals surface area contributed by atoms with Gasteiger partial charge in [0, 0.05) is 10.6 Å². The Bertz CT molecular complexity index is 713. The standard InChI is InChI=1S/C20H23Cl2NO3/c1-11(26-19(25)16-7-15(21)2-3-17(16)22)18(24)23-20-8-12-4-13(9-20)6-14(5-12)10-20/h2-3,7,11-14H,4-6,8-10H2,1H3,(H,23,24)/t11-,12?,13?,14?,20?/m0/s1. The van der Waals surface area contributed by atoms with Crippen LogP contribution in [0.5, 0.6) is 0 Å². The zero-order valence-electron chi connectivity index (χ0n) is 14.8. The molecule has 0 aliphatic heterocycles. The summed E-state index contributed by atoms with van der Waals surface area (Å²) in [6.45, 7) is 1.60. The molecule has 1 N–H and O–H groups in total. The Labute approximate surface area is 163 Å². The van der Waals surface area contributed by atoms with E-state index in [4.69, 9.17) is 27.9 Å². The third kappa shape index (κ3) is 3.46. The molecule has 0 aromatic heterocycles. The van der Waals surface area contributed by atoms with Gasteiger partial charge in [-0.3, -0.25) is 4.79 Å². The summed E-state index contributed by atoms with van der Waals surface area (Å²) in [6, 6.07) is 4.60. The van der Waals surface area contributed by atoms with Crippen LogP contribution in [0.25, 0.3) is 0 Å². The molecule has 4 saturated carbocycles. The summed E-state index contributed by atoms with van der Waals surface area (Å²) < 4.78 is 5.35. The first-order valence-electron chi connectivity index (χ1n) is 9.31. The number of hydrogen-bond acceptors (Lipinski definition) is 3. The lowest BCUT2D eigenvalue weighted by atomic mass is 9.53. The molecule has 1 aromatic carbocycles. The topological polar surface area (TPSA) is 55.4 Å². The molecule has 4 fully saturated rings. The molecule has 0 heterocycles. The molecule has 26 heavy (non-hydrogen) atoms. The van der Waals surface area contributed by atoms with Crippen molar-refractivity contribution < 1.29 is 14.3 Å². The lowest BCUT2D eigenvalue weighted by Crippen LogP contribution is -2.61. The van der Waals surface area contributed by atoms with Crippen molar-refractivity contribution in [3.05, 3.63) is 33.8 Å². The molecule has 1 aromatic rings. The van der Waals surface area contributed by atoms with Crippen LogP contribution in [0.15, 0.2) is 18.2 Å². The zero-order chi connectivity index (χ0) is 18.5. The number of hydrogen-bond donors (Lipinski definition) is 1. The van der Waals surface area contributed by atoms with Gasteiger partial charge in [-0.05, 0) is 81.4 Å². The number of halogens is 2. The molecule has 4 aliphatic rings. The minimum absolute atomic E-state index is 0.0970. The van der Waals surface area contributed by atoms with Gasteiger partial charge in [-0.15, -0.1) is 0 Å². The Kier molecular flexibility index (Phi) is 4.68. The van der Waals surface area contributed by atoms with Crippen LogP contribution in [0.3, 0.4) is 0 Å². The van der Waals surface area contributed by atoms with Gasteiger partial charge in [-0.2, -0.15) is 0 Å². The first-order chi connectivity index (χ1) is 12.3. The van der Waals surface area contributed by atoms with E-state index in [1.807, 2.05) is 0 Å². The van der Waals surface area contributed by atoms with Crippen molar-refractivity contribution in [1.29, 1.82) is 0 Å². The van der Waals surface area contributed by atoms with Crippen molar-refractivity contribution in [3.63, 3.8) is 0 Å². The molecule has 0 saturated heterocycles. The van der Waals surface area contributed by atoms with Crippen LogP contribution in [0.2, 0.25) is 10.0 Å². The minimum atomic E-state index is -0.870. The number of carbonyl (C=O) groups is 2. The van der Waals surface area contributed by atoms with E-state index in [2.05, 4.69) is 5.32 Å². The van der Waals surface area contributed by atoms with Crippen molar-refractivity contribution in [2.45, 2.75) is 57.1 Å². The molecule has 0 spiro atoms. The number of nitrogens with one attached hydrogen (secondary N) is 1. The average Bonchev–Trinajstić information content (AvgIpc) is 2.55. The van der Waals surface area contributed by atoms with Gasteiger partial charge < -0.3 is 10.1 Å². The van der Waals surface area contributed by atoms with Crippen molar-refractivity contribution >= 4 is 35.1 Å². The highest BCUT2D eigenvalue weighted by atomic mass is 35.5. The van der Waals surface area contributed by atoms with Gasteiger partial charge in [0.15, 0.2) is 6.10 Å². The molecule has 140 valence electrons. The summed E-state index contributed by atoms with van der Waals surface area (Å²) >= 11 is 12.0. The van der Waals surface area contributed by atoms with Crippen LogP contribution >= 0.6 is 23.2 Å². The van der Waals surface area contributed by atoms with Crippen molar-refractivity contribution in [3.8, 4) is 0 Å². The Hall–Kier alpha value is -1.26. The quantitative estimate of drug-likeness (QED) is 0.756. The van der Waals surface area contributed by atoms with E-state index in [1.54, 1.807) is 19.1 Å². The van der Waals surface area contributed by atoms with Gasteiger partial charge in [0.05, 0.1) is 10.6 Å². The molecule has 4 bridgehead atoms. The molecule has 0 radical (unpaired) electrons. The maximum atomic E-state index is 12.7. The van der Waals surface area contributed by atoms with Crippen LogP contribution < -0.4 is 5.32 Å². The Balaban J connectivity index is 1.41. The van der Waals surface area contributed by atoms with Gasteiger partial charge in [0.25, 0.3) is 5.91 Å². The van der Waals surface area contributed by atoms with Gasteiger partial charge in [0.1, 0.15) is 0 Å². The third-order valence-electron chi connectivity index (χ3n) is 6.23. The first-order valence-corrected chi connectivity index (χ1v) is 10.1. The minimum Gasteiger partial charge on any atom is -0.449 e. The first kappa shape index (κ1) is 18.1. The van der Waals surface area contributed by atoms with Gasteiger partial charge >= 0.3 is 5.97 Å². The van der Waals surface area contributed by atoms with Gasteiger partial charge in [-0.1, -0.05) is 23.2 Å². The van der Waals surface area contributed by atoms with E-state index in [-0.39, 0.29) is 22.0 Å². The predicted molar refractivity (Wildman–Crippen MR) is 100 cm³/mol. The summed E-state index contributed by atoms with van der Waals surface area (Å²) in [5, 5.41) is 3.88. The molecule has 5 rings (SSSR count). The zero-order valence-corrected chi connectivity index (χ0v) is 16.3. The van der Waals surface area contributed by atoms with Gasteiger partial charge in [0.2, 0.25) is 0 Å². The number of amides is 1. The van der Waals surface area contributed by atoms with E-state index in [0.29, 0.717) is 5.02 Å². The highest BCUT2D eigenvalue weighted by Gasteiger charge is 2.51. The summed E-state index contributed by atoms with van der Waals surface area (Å²) in [6.07, 6.45) is 6.25. The average molecular weight is 396 g/mol. The highest BCUT2D eigenvalue weighted by molar-refractivity contribution is 6.35. The van der Waals surface area contributed by atoms with Crippen LogP contribution in [-0.2, 0) is 9.53 Å². The third-order valence-corrected chi connectivity index (χ3v) is 6.79. The maximum Gasteiger partial charge on any atom is 0.340 e. The molecule has 0 unspecified atom stereocenters. The second kappa shape index (κ2) is 6.72. The highest BCUT2D eigenvalue weighted by Crippen LogP contribution is 2.55. The smallest absolute Gasteiger partial charge is 0.340 e. The summed E-state index contributed by atoms with van der Waals surface area (Å²) in [5.41, 5.74) is 0.0776. The molecule has 4 nitrogen and oxygen atoms in total. The van der Waals surface area contributed by atoms with Gasteiger partial charge in [-0.25, -0.2) is 4.79 Å². The monoisotopic (exact) mass is 395 g/mol. The second-order valence-corrected chi connectivity index (χ2v) is 9.20. The Morgan fingerprint density at radius 2 is 1.69 bits per heavy atom. The second-order valence-electron chi connectivity index (χ2n) is 8.36. The molecule has 1 amide bonds.